The van der Waals surface area contributed by atoms with E-state index in [1.807, 2.05) is 13.0 Å². The minimum absolute atomic E-state index is 0.000198. The third-order valence-electron chi connectivity index (χ3n) is 3.71. The lowest BCUT2D eigenvalue weighted by Gasteiger charge is -2.32. The van der Waals surface area contributed by atoms with Crippen molar-refractivity contribution in [1.29, 1.82) is 0 Å². The van der Waals surface area contributed by atoms with E-state index in [1.54, 1.807) is 17.0 Å². The number of carbonyl (C=O) groups is 2. The number of anilines is 1. The Balaban J connectivity index is 1.67. The van der Waals surface area contributed by atoms with Gasteiger partial charge < -0.3 is 15.0 Å². The summed E-state index contributed by atoms with van der Waals surface area (Å²) in [6.45, 7) is 3.68. The highest BCUT2D eigenvalue weighted by atomic mass is 35.5. The number of fused-ring (bicyclic) bond motifs is 1. The van der Waals surface area contributed by atoms with Gasteiger partial charge >= 0.3 is 0 Å². The van der Waals surface area contributed by atoms with Crippen LogP contribution in [0.1, 0.15) is 13.3 Å². The van der Waals surface area contributed by atoms with Gasteiger partial charge in [-0.2, -0.15) is 0 Å². The molecule has 0 spiro atoms. The summed E-state index contributed by atoms with van der Waals surface area (Å²) in [5, 5.41) is 3.00. The van der Waals surface area contributed by atoms with Crippen LogP contribution in [-0.2, 0) is 14.3 Å². The number of nitrogens with zero attached hydrogens (tertiary/aromatic N) is 1. The first kappa shape index (κ1) is 15.6. The van der Waals surface area contributed by atoms with Crippen LogP contribution in [0.5, 0.6) is 0 Å². The van der Waals surface area contributed by atoms with Crippen LogP contribution >= 0.6 is 23.4 Å². The molecule has 2 aliphatic heterocycles. The molecule has 0 bridgehead atoms. The SMILES string of the molecule is C[C@H]1CN(C(=O)C[C@H]2Sc3ccc(Cl)cc3NC2=O)CCO1. The summed E-state index contributed by atoms with van der Waals surface area (Å²) in [6.07, 6.45) is 0.249. The molecule has 2 amide bonds. The van der Waals surface area contributed by atoms with Crippen LogP contribution < -0.4 is 5.32 Å². The molecule has 3 rings (SSSR count). The second-order valence-corrected chi connectivity index (χ2v) is 7.14. The Morgan fingerprint density at radius 1 is 1.55 bits per heavy atom. The van der Waals surface area contributed by atoms with Crippen molar-refractivity contribution >= 4 is 40.9 Å². The summed E-state index contributed by atoms with van der Waals surface area (Å²) in [5.74, 6) is -0.144. The second-order valence-electron chi connectivity index (χ2n) is 5.46. The largest absolute Gasteiger partial charge is 0.375 e. The Hall–Kier alpha value is -1.24. The predicted molar refractivity (Wildman–Crippen MR) is 86.3 cm³/mol. The zero-order valence-electron chi connectivity index (χ0n) is 12.2. The fraction of sp³-hybridized carbons (Fsp3) is 0.467. The molecule has 7 heteroatoms. The van der Waals surface area contributed by atoms with Gasteiger partial charge in [-0.3, -0.25) is 9.59 Å². The lowest BCUT2D eigenvalue weighted by atomic mass is 10.2. The van der Waals surface area contributed by atoms with Crippen molar-refractivity contribution in [2.45, 2.75) is 29.6 Å². The van der Waals surface area contributed by atoms with Gasteiger partial charge in [-0.1, -0.05) is 11.6 Å². The van der Waals surface area contributed by atoms with Crippen molar-refractivity contribution in [2.24, 2.45) is 0 Å². The van der Waals surface area contributed by atoms with Gasteiger partial charge in [0.05, 0.1) is 23.6 Å². The van der Waals surface area contributed by atoms with E-state index in [4.69, 9.17) is 16.3 Å². The average molecular weight is 341 g/mol. The molecule has 0 unspecified atom stereocenters. The number of nitrogens with one attached hydrogen (secondary N) is 1. The van der Waals surface area contributed by atoms with Crippen LogP contribution in [0.4, 0.5) is 5.69 Å². The van der Waals surface area contributed by atoms with Crippen LogP contribution in [-0.4, -0.2) is 47.8 Å². The average Bonchev–Trinajstić information content (AvgIpc) is 2.48. The molecule has 118 valence electrons. The topological polar surface area (TPSA) is 58.6 Å². The van der Waals surface area contributed by atoms with E-state index >= 15 is 0 Å². The molecule has 0 radical (unpaired) electrons. The first-order valence-electron chi connectivity index (χ1n) is 7.19. The standard InChI is InChI=1S/C15H17ClN2O3S/c1-9-8-18(4-5-21-9)14(19)7-13-15(20)17-11-6-10(16)2-3-12(11)22-13/h2-3,6,9,13H,4-5,7-8H2,1H3,(H,17,20)/t9-,13+/m0/s1. The summed E-state index contributed by atoms with van der Waals surface area (Å²) in [5.41, 5.74) is 0.714. The van der Waals surface area contributed by atoms with E-state index < -0.39 is 5.25 Å². The summed E-state index contributed by atoms with van der Waals surface area (Å²) in [6, 6.07) is 5.38. The fourth-order valence-corrected chi connectivity index (χ4v) is 3.84. The highest BCUT2D eigenvalue weighted by molar-refractivity contribution is 8.01. The fourth-order valence-electron chi connectivity index (χ4n) is 2.59. The van der Waals surface area contributed by atoms with E-state index in [0.29, 0.717) is 30.4 Å². The van der Waals surface area contributed by atoms with E-state index in [2.05, 4.69) is 5.32 Å². The molecule has 5 nitrogen and oxygen atoms in total. The van der Waals surface area contributed by atoms with Crippen molar-refractivity contribution < 1.29 is 14.3 Å². The van der Waals surface area contributed by atoms with Gasteiger partial charge in [0, 0.05) is 29.4 Å². The van der Waals surface area contributed by atoms with E-state index in [0.717, 1.165) is 4.90 Å². The molecular weight excluding hydrogens is 324 g/mol. The Kier molecular flexibility index (Phi) is 4.61. The van der Waals surface area contributed by atoms with Crippen LogP contribution in [0, 0.1) is 0 Å². The number of halogens is 1. The van der Waals surface area contributed by atoms with E-state index in [9.17, 15) is 9.59 Å². The van der Waals surface area contributed by atoms with Gasteiger partial charge in [0.25, 0.3) is 0 Å². The highest BCUT2D eigenvalue weighted by Crippen LogP contribution is 2.38. The number of rotatable bonds is 2. The quantitative estimate of drug-likeness (QED) is 0.898. The number of carbonyl (C=O) groups excluding carboxylic acids is 2. The molecule has 1 aromatic rings. The van der Waals surface area contributed by atoms with Gasteiger partial charge in [-0.05, 0) is 25.1 Å². The minimum Gasteiger partial charge on any atom is -0.375 e. The Morgan fingerprint density at radius 3 is 3.14 bits per heavy atom. The second kappa shape index (κ2) is 6.48. The number of amides is 2. The number of benzene rings is 1. The molecule has 22 heavy (non-hydrogen) atoms. The molecule has 1 saturated heterocycles. The zero-order chi connectivity index (χ0) is 15.7. The highest BCUT2D eigenvalue weighted by Gasteiger charge is 2.31. The van der Waals surface area contributed by atoms with E-state index in [-0.39, 0.29) is 24.3 Å². The van der Waals surface area contributed by atoms with Gasteiger partial charge in [0.15, 0.2) is 0 Å². The summed E-state index contributed by atoms with van der Waals surface area (Å²) in [4.78, 5) is 27.3. The first-order chi connectivity index (χ1) is 10.5. The lowest BCUT2D eigenvalue weighted by molar-refractivity contribution is -0.139. The molecule has 0 aliphatic carbocycles. The molecule has 1 N–H and O–H groups in total. The van der Waals surface area contributed by atoms with Crippen LogP contribution in [0.3, 0.4) is 0 Å². The smallest absolute Gasteiger partial charge is 0.238 e. The Labute approximate surface area is 138 Å². The van der Waals surface area contributed by atoms with Crippen LogP contribution in [0.15, 0.2) is 23.1 Å². The van der Waals surface area contributed by atoms with Crippen molar-refractivity contribution in [2.75, 3.05) is 25.0 Å². The minimum atomic E-state index is -0.403. The third kappa shape index (κ3) is 3.39. The van der Waals surface area contributed by atoms with Gasteiger partial charge in [-0.25, -0.2) is 0 Å². The predicted octanol–water partition coefficient (Wildman–Crippen LogP) is 2.39. The van der Waals surface area contributed by atoms with E-state index in [1.165, 1.54) is 11.8 Å². The number of morpholine rings is 1. The van der Waals surface area contributed by atoms with Crippen molar-refractivity contribution in [3.05, 3.63) is 23.2 Å². The summed E-state index contributed by atoms with van der Waals surface area (Å²) < 4.78 is 5.44. The molecular formula is C15H17ClN2O3S. The maximum atomic E-state index is 12.4. The van der Waals surface area contributed by atoms with Crippen LogP contribution in [0.25, 0.3) is 0 Å². The van der Waals surface area contributed by atoms with Gasteiger partial charge in [-0.15, -0.1) is 11.8 Å². The maximum absolute atomic E-state index is 12.4. The molecule has 1 fully saturated rings. The van der Waals surface area contributed by atoms with Crippen molar-refractivity contribution in [3.8, 4) is 0 Å². The first-order valence-corrected chi connectivity index (χ1v) is 8.45. The van der Waals surface area contributed by atoms with Crippen molar-refractivity contribution in [3.63, 3.8) is 0 Å². The third-order valence-corrected chi connectivity index (χ3v) is 5.23. The molecule has 0 saturated carbocycles. The van der Waals surface area contributed by atoms with Gasteiger partial charge in [0.2, 0.25) is 11.8 Å². The molecule has 1 aromatic carbocycles. The summed E-state index contributed by atoms with van der Waals surface area (Å²) in [7, 11) is 0. The number of ether oxygens (including phenoxy) is 1. The Bertz CT molecular complexity index is 610. The molecule has 2 atom stereocenters. The van der Waals surface area contributed by atoms with Crippen molar-refractivity contribution in [1.82, 2.24) is 4.90 Å². The number of hydrogen-bond donors (Lipinski definition) is 1. The molecule has 2 heterocycles. The number of hydrogen-bond acceptors (Lipinski definition) is 4. The van der Waals surface area contributed by atoms with Crippen LogP contribution in [0.2, 0.25) is 5.02 Å². The maximum Gasteiger partial charge on any atom is 0.238 e. The summed E-state index contributed by atoms with van der Waals surface area (Å²) >= 11 is 7.34. The Morgan fingerprint density at radius 2 is 2.36 bits per heavy atom. The zero-order valence-corrected chi connectivity index (χ0v) is 13.7. The van der Waals surface area contributed by atoms with Gasteiger partial charge in [0.1, 0.15) is 0 Å². The normalized spacial score (nSPS) is 24.6. The number of thioether (sulfide) groups is 1. The molecule has 2 aliphatic rings. The monoisotopic (exact) mass is 340 g/mol. The lowest BCUT2D eigenvalue weighted by Crippen LogP contribution is -2.46. The molecule has 0 aromatic heterocycles.